The molecule has 0 radical (unpaired) electrons. The minimum absolute atomic E-state index is 0.504. The molecule has 0 N–H and O–H groups in total. The lowest BCUT2D eigenvalue weighted by molar-refractivity contribution is -0.137. The monoisotopic (exact) mass is 363 g/mol. The first-order chi connectivity index (χ1) is 12.0. The zero-order chi connectivity index (χ0) is 17.4. The van der Waals surface area contributed by atoms with Crippen LogP contribution in [0.2, 0.25) is 0 Å². The number of fused-ring (bicyclic) bond motifs is 1. The Hall–Kier alpha value is -2.54. The highest BCUT2D eigenvalue weighted by molar-refractivity contribution is 7.13. The van der Waals surface area contributed by atoms with Gasteiger partial charge in [0, 0.05) is 16.5 Å². The molecule has 1 aliphatic rings. The van der Waals surface area contributed by atoms with Gasteiger partial charge in [0.1, 0.15) is 18.2 Å². The van der Waals surface area contributed by atoms with E-state index in [0.29, 0.717) is 35.3 Å². The third-order valence-electron chi connectivity index (χ3n) is 3.80. The highest BCUT2D eigenvalue weighted by Gasteiger charge is 2.30. The Morgan fingerprint density at radius 3 is 2.28 bits per heavy atom. The van der Waals surface area contributed by atoms with Crippen LogP contribution in [0.5, 0.6) is 11.5 Å². The van der Waals surface area contributed by atoms with E-state index in [9.17, 15) is 13.2 Å². The molecule has 1 aliphatic heterocycles. The van der Waals surface area contributed by atoms with Crippen molar-refractivity contribution in [1.29, 1.82) is 0 Å². The molecule has 3 aromatic rings. The maximum Gasteiger partial charge on any atom is 0.416 e. The molecule has 0 bridgehead atoms. The zero-order valence-electron chi connectivity index (χ0n) is 12.8. The van der Waals surface area contributed by atoms with E-state index in [1.165, 1.54) is 23.5 Å². The quantitative estimate of drug-likeness (QED) is 0.622. The van der Waals surface area contributed by atoms with Gasteiger partial charge >= 0.3 is 6.18 Å². The van der Waals surface area contributed by atoms with Crippen molar-refractivity contribution >= 4 is 11.3 Å². The molecule has 128 valence electrons. The van der Waals surface area contributed by atoms with Gasteiger partial charge in [-0.25, -0.2) is 4.98 Å². The average Bonchev–Trinajstić information content (AvgIpc) is 3.11. The van der Waals surface area contributed by atoms with Crippen LogP contribution in [0.25, 0.3) is 21.8 Å². The predicted molar refractivity (Wildman–Crippen MR) is 89.0 cm³/mol. The largest absolute Gasteiger partial charge is 0.486 e. The molecule has 0 amide bonds. The van der Waals surface area contributed by atoms with Crippen LogP contribution in [0.3, 0.4) is 0 Å². The summed E-state index contributed by atoms with van der Waals surface area (Å²) in [6, 6.07) is 10.6. The van der Waals surface area contributed by atoms with E-state index in [4.69, 9.17) is 9.47 Å². The summed E-state index contributed by atoms with van der Waals surface area (Å²) in [4.78, 5) is 4.53. The molecule has 0 atom stereocenters. The molecule has 7 heteroatoms. The van der Waals surface area contributed by atoms with Crippen LogP contribution in [0.1, 0.15) is 5.56 Å². The highest BCUT2D eigenvalue weighted by Crippen LogP contribution is 2.37. The maximum absolute atomic E-state index is 12.7. The molecule has 2 aromatic carbocycles. The molecule has 0 saturated carbocycles. The summed E-state index contributed by atoms with van der Waals surface area (Å²) in [6.45, 7) is 1.03. The van der Waals surface area contributed by atoms with Crippen LogP contribution in [0.15, 0.2) is 47.8 Å². The SMILES string of the molecule is FC(F)(F)c1ccc(-c2nc(-c3ccc4c(c3)OCCO4)cs2)cc1. The van der Waals surface area contributed by atoms with Gasteiger partial charge in [0.2, 0.25) is 0 Å². The molecule has 4 rings (SSSR count). The van der Waals surface area contributed by atoms with Crippen molar-refractivity contribution in [3.05, 3.63) is 53.4 Å². The number of benzene rings is 2. The number of hydrogen-bond acceptors (Lipinski definition) is 4. The van der Waals surface area contributed by atoms with Gasteiger partial charge in [-0.1, -0.05) is 12.1 Å². The number of aromatic nitrogens is 1. The second-order valence-electron chi connectivity index (χ2n) is 5.47. The van der Waals surface area contributed by atoms with E-state index in [2.05, 4.69) is 4.98 Å². The Balaban J connectivity index is 1.62. The maximum atomic E-state index is 12.7. The van der Waals surface area contributed by atoms with Gasteiger partial charge in [-0.05, 0) is 30.3 Å². The van der Waals surface area contributed by atoms with Crippen molar-refractivity contribution in [3.8, 4) is 33.3 Å². The van der Waals surface area contributed by atoms with Gasteiger partial charge in [0.15, 0.2) is 11.5 Å². The molecule has 0 spiro atoms. The van der Waals surface area contributed by atoms with E-state index in [1.807, 2.05) is 23.6 Å². The van der Waals surface area contributed by atoms with Crippen molar-refractivity contribution in [2.24, 2.45) is 0 Å². The van der Waals surface area contributed by atoms with Gasteiger partial charge in [0.25, 0.3) is 0 Å². The summed E-state index contributed by atoms with van der Waals surface area (Å²) in [5, 5.41) is 2.54. The number of nitrogens with zero attached hydrogens (tertiary/aromatic N) is 1. The van der Waals surface area contributed by atoms with Gasteiger partial charge in [-0.15, -0.1) is 11.3 Å². The highest BCUT2D eigenvalue weighted by atomic mass is 32.1. The fraction of sp³-hybridized carbons (Fsp3) is 0.167. The van der Waals surface area contributed by atoms with Crippen LogP contribution in [0, 0.1) is 0 Å². The molecule has 1 aromatic heterocycles. The molecule has 0 fully saturated rings. The Morgan fingerprint density at radius 2 is 1.56 bits per heavy atom. The molecule has 0 saturated heterocycles. The Labute approximate surface area is 145 Å². The van der Waals surface area contributed by atoms with Crippen LogP contribution < -0.4 is 9.47 Å². The number of alkyl halides is 3. The molecule has 0 unspecified atom stereocenters. The second kappa shape index (κ2) is 6.07. The van der Waals surface area contributed by atoms with E-state index in [0.717, 1.165) is 23.4 Å². The van der Waals surface area contributed by atoms with E-state index in [-0.39, 0.29) is 0 Å². The lowest BCUT2D eigenvalue weighted by atomic mass is 10.1. The summed E-state index contributed by atoms with van der Waals surface area (Å²) in [5.74, 6) is 1.38. The van der Waals surface area contributed by atoms with Crippen LogP contribution in [0.4, 0.5) is 13.2 Å². The Bertz CT molecular complexity index is 903. The molecule has 3 nitrogen and oxygen atoms in total. The first kappa shape index (κ1) is 16.0. The minimum atomic E-state index is -4.34. The summed E-state index contributed by atoms with van der Waals surface area (Å²) in [6.07, 6.45) is -4.34. The summed E-state index contributed by atoms with van der Waals surface area (Å²) in [7, 11) is 0. The Kier molecular flexibility index (Phi) is 3.88. The van der Waals surface area contributed by atoms with E-state index >= 15 is 0 Å². The average molecular weight is 363 g/mol. The number of ether oxygens (including phenoxy) is 2. The molecule has 2 heterocycles. The lowest BCUT2D eigenvalue weighted by Crippen LogP contribution is -2.15. The second-order valence-corrected chi connectivity index (χ2v) is 6.33. The van der Waals surface area contributed by atoms with Gasteiger partial charge in [-0.2, -0.15) is 13.2 Å². The fourth-order valence-corrected chi connectivity index (χ4v) is 3.38. The van der Waals surface area contributed by atoms with Gasteiger partial charge in [-0.3, -0.25) is 0 Å². The van der Waals surface area contributed by atoms with Crippen molar-refractivity contribution in [2.75, 3.05) is 13.2 Å². The fourth-order valence-electron chi connectivity index (χ4n) is 2.54. The molecular formula is C18H12F3NO2S. The zero-order valence-corrected chi connectivity index (χ0v) is 13.7. The number of halogens is 3. The van der Waals surface area contributed by atoms with Crippen molar-refractivity contribution in [3.63, 3.8) is 0 Å². The lowest BCUT2D eigenvalue weighted by Gasteiger charge is -2.18. The Morgan fingerprint density at radius 1 is 0.880 bits per heavy atom. The van der Waals surface area contributed by atoms with E-state index in [1.54, 1.807) is 0 Å². The van der Waals surface area contributed by atoms with Crippen molar-refractivity contribution in [1.82, 2.24) is 4.98 Å². The third kappa shape index (κ3) is 3.19. The first-order valence-corrected chi connectivity index (χ1v) is 8.42. The summed E-state index contributed by atoms with van der Waals surface area (Å²) < 4.78 is 49.0. The predicted octanol–water partition coefficient (Wildman–Crippen LogP) is 5.27. The van der Waals surface area contributed by atoms with Crippen molar-refractivity contribution < 1.29 is 22.6 Å². The molecule has 0 aliphatic carbocycles. The molecular weight excluding hydrogens is 351 g/mol. The third-order valence-corrected chi connectivity index (χ3v) is 4.69. The van der Waals surface area contributed by atoms with Crippen LogP contribution >= 0.6 is 11.3 Å². The van der Waals surface area contributed by atoms with Gasteiger partial charge < -0.3 is 9.47 Å². The number of hydrogen-bond donors (Lipinski definition) is 0. The minimum Gasteiger partial charge on any atom is -0.486 e. The standard InChI is InChI=1S/C18H12F3NO2S/c19-18(20,21)13-4-1-11(2-5-13)17-22-14(10-25-17)12-3-6-15-16(9-12)24-8-7-23-15/h1-6,9-10H,7-8H2. The summed E-state index contributed by atoms with van der Waals surface area (Å²) >= 11 is 1.38. The van der Waals surface area contributed by atoms with Crippen molar-refractivity contribution in [2.45, 2.75) is 6.18 Å². The normalized spacial score (nSPS) is 13.7. The summed E-state index contributed by atoms with van der Waals surface area (Å²) in [5.41, 5.74) is 1.61. The number of thiazole rings is 1. The number of rotatable bonds is 2. The smallest absolute Gasteiger partial charge is 0.416 e. The topological polar surface area (TPSA) is 31.4 Å². The van der Waals surface area contributed by atoms with Crippen LogP contribution in [-0.2, 0) is 6.18 Å². The first-order valence-electron chi connectivity index (χ1n) is 7.54. The van der Waals surface area contributed by atoms with Crippen LogP contribution in [-0.4, -0.2) is 18.2 Å². The van der Waals surface area contributed by atoms with Gasteiger partial charge in [0.05, 0.1) is 11.3 Å². The van der Waals surface area contributed by atoms with E-state index < -0.39 is 11.7 Å². The molecule has 25 heavy (non-hydrogen) atoms.